The Labute approximate surface area is 132 Å². The van der Waals surface area contributed by atoms with Crippen molar-refractivity contribution in [1.82, 2.24) is 10.6 Å². The lowest BCUT2D eigenvalue weighted by Gasteiger charge is -2.13. The zero-order valence-electron chi connectivity index (χ0n) is 14.0. The summed E-state index contributed by atoms with van der Waals surface area (Å²) in [4.78, 5) is 28.0. The molecule has 120 valence electrons. The van der Waals surface area contributed by atoms with Gasteiger partial charge in [-0.1, -0.05) is 39.2 Å². The van der Waals surface area contributed by atoms with Crippen molar-refractivity contribution in [3.63, 3.8) is 0 Å². The highest BCUT2D eigenvalue weighted by molar-refractivity contribution is 5.98. The van der Waals surface area contributed by atoms with Crippen molar-refractivity contribution in [3.8, 4) is 0 Å². The Kier molecular flexibility index (Phi) is 7.80. The fourth-order valence-electron chi connectivity index (χ4n) is 1.22. The maximum Gasteiger partial charge on any atom is 0.275 e. The van der Waals surface area contributed by atoms with Gasteiger partial charge in [-0.2, -0.15) is 0 Å². The van der Waals surface area contributed by atoms with Crippen molar-refractivity contribution in [2.24, 2.45) is 10.9 Å². The molecule has 0 aromatic heterocycles. The summed E-state index contributed by atoms with van der Waals surface area (Å²) < 4.78 is 0. The lowest BCUT2D eigenvalue weighted by molar-refractivity contribution is -0.123. The molecule has 0 aliphatic carbocycles. The van der Waals surface area contributed by atoms with E-state index in [1.54, 1.807) is 34.6 Å². The zero-order valence-corrected chi connectivity index (χ0v) is 14.0. The Bertz CT molecular complexity index is 566. The van der Waals surface area contributed by atoms with Crippen LogP contribution in [0, 0.1) is 5.92 Å². The summed E-state index contributed by atoms with van der Waals surface area (Å²) in [7, 11) is 0. The SMILES string of the molecule is C=C(C)/C=N\C(C(=O)NC(=C)NC(=O)C(C)C)=C(/C)C(=C)C. The molecule has 0 rings (SSSR count). The van der Waals surface area contributed by atoms with E-state index in [1.807, 2.05) is 0 Å². The van der Waals surface area contributed by atoms with E-state index in [2.05, 4.69) is 35.4 Å². The molecule has 0 saturated heterocycles. The van der Waals surface area contributed by atoms with Crippen molar-refractivity contribution in [2.75, 3.05) is 0 Å². The van der Waals surface area contributed by atoms with Crippen molar-refractivity contribution < 1.29 is 9.59 Å². The number of carbonyl (C=O) groups excluding carboxylic acids is 2. The predicted octanol–water partition coefficient (Wildman–Crippen LogP) is 2.84. The first-order valence-electron chi connectivity index (χ1n) is 6.93. The average Bonchev–Trinajstić information content (AvgIpc) is 2.37. The van der Waals surface area contributed by atoms with E-state index in [4.69, 9.17) is 0 Å². The Hall–Kier alpha value is -2.43. The maximum absolute atomic E-state index is 12.3. The summed E-state index contributed by atoms with van der Waals surface area (Å²) in [5, 5.41) is 5.04. The molecule has 0 atom stereocenters. The van der Waals surface area contributed by atoms with Crippen LogP contribution in [0.15, 0.2) is 53.0 Å². The number of amides is 2. The molecule has 0 bridgehead atoms. The Morgan fingerprint density at radius 1 is 1.05 bits per heavy atom. The summed E-state index contributed by atoms with van der Waals surface area (Å²) in [6.45, 7) is 19.9. The number of aliphatic imine (C=N–C) groups is 1. The van der Waals surface area contributed by atoms with Gasteiger partial charge in [0, 0.05) is 12.1 Å². The normalized spacial score (nSPS) is 11.9. The largest absolute Gasteiger partial charge is 0.312 e. The predicted molar refractivity (Wildman–Crippen MR) is 91.1 cm³/mol. The van der Waals surface area contributed by atoms with Gasteiger partial charge < -0.3 is 10.6 Å². The molecule has 0 heterocycles. The van der Waals surface area contributed by atoms with Gasteiger partial charge in [0.15, 0.2) is 0 Å². The molecule has 0 unspecified atom stereocenters. The highest BCUT2D eigenvalue weighted by Crippen LogP contribution is 2.14. The smallest absolute Gasteiger partial charge is 0.275 e. The van der Waals surface area contributed by atoms with E-state index in [1.165, 1.54) is 6.21 Å². The summed E-state index contributed by atoms with van der Waals surface area (Å²) in [5.41, 5.74) is 2.29. The second-order valence-corrected chi connectivity index (χ2v) is 5.44. The van der Waals surface area contributed by atoms with E-state index in [9.17, 15) is 9.59 Å². The molecular formula is C17H25N3O2. The molecule has 0 spiro atoms. The van der Waals surface area contributed by atoms with Crippen LogP contribution >= 0.6 is 0 Å². The molecule has 0 saturated carbocycles. The molecular weight excluding hydrogens is 278 g/mol. The van der Waals surface area contributed by atoms with Gasteiger partial charge in [-0.05, 0) is 31.9 Å². The highest BCUT2D eigenvalue weighted by Gasteiger charge is 2.15. The van der Waals surface area contributed by atoms with Crippen molar-refractivity contribution >= 4 is 18.0 Å². The zero-order chi connectivity index (χ0) is 17.4. The number of allylic oxidation sites excluding steroid dienone is 3. The lowest BCUT2D eigenvalue weighted by atomic mass is 10.1. The standard InChI is InChI=1S/C17H25N3O2/c1-10(2)9-18-15(13(7)11(3)4)17(22)20-14(8)19-16(21)12(5)6/h9,12H,1,3,8H2,2,4-7H3,(H,19,21)(H,20,22)/b15-13+,18-9-. The lowest BCUT2D eigenvalue weighted by Crippen LogP contribution is -2.36. The Balaban J connectivity index is 5.20. The van der Waals surface area contributed by atoms with Gasteiger partial charge in [0.1, 0.15) is 11.5 Å². The molecule has 22 heavy (non-hydrogen) atoms. The first kappa shape index (κ1) is 19.6. The fourth-order valence-corrected chi connectivity index (χ4v) is 1.22. The molecule has 0 aromatic carbocycles. The Morgan fingerprint density at radius 2 is 1.59 bits per heavy atom. The topological polar surface area (TPSA) is 70.6 Å². The van der Waals surface area contributed by atoms with Crippen LogP contribution in [-0.4, -0.2) is 18.0 Å². The van der Waals surface area contributed by atoms with Crippen LogP contribution < -0.4 is 10.6 Å². The monoisotopic (exact) mass is 303 g/mol. The van der Waals surface area contributed by atoms with Crippen LogP contribution in [0.1, 0.15) is 34.6 Å². The number of nitrogens with one attached hydrogen (secondary N) is 2. The van der Waals surface area contributed by atoms with Crippen LogP contribution in [0.2, 0.25) is 0 Å². The summed E-state index contributed by atoms with van der Waals surface area (Å²) in [6, 6.07) is 0. The second kappa shape index (κ2) is 8.77. The molecule has 0 radical (unpaired) electrons. The average molecular weight is 303 g/mol. The fraction of sp³-hybridized carbons (Fsp3) is 0.353. The molecule has 2 N–H and O–H groups in total. The molecule has 5 heteroatoms. The third-order valence-electron chi connectivity index (χ3n) is 2.69. The van der Waals surface area contributed by atoms with Gasteiger partial charge in [0.05, 0.1) is 0 Å². The van der Waals surface area contributed by atoms with Gasteiger partial charge in [-0.25, -0.2) is 0 Å². The van der Waals surface area contributed by atoms with Crippen molar-refractivity contribution in [3.05, 3.63) is 48.0 Å². The quantitative estimate of drug-likeness (QED) is 0.431. The molecule has 2 amide bonds. The van der Waals surface area contributed by atoms with Crippen LogP contribution in [0.5, 0.6) is 0 Å². The molecule has 0 aromatic rings. The van der Waals surface area contributed by atoms with Gasteiger partial charge >= 0.3 is 0 Å². The minimum atomic E-state index is -0.466. The second-order valence-electron chi connectivity index (χ2n) is 5.44. The number of hydrogen-bond donors (Lipinski definition) is 2. The number of hydrogen-bond acceptors (Lipinski definition) is 3. The van der Waals surface area contributed by atoms with E-state index >= 15 is 0 Å². The first-order chi connectivity index (χ1) is 10.1. The van der Waals surface area contributed by atoms with Gasteiger partial charge in [-0.3, -0.25) is 14.6 Å². The van der Waals surface area contributed by atoms with Gasteiger partial charge in [-0.15, -0.1) is 0 Å². The molecule has 0 aliphatic rings. The van der Waals surface area contributed by atoms with Gasteiger partial charge in [0.25, 0.3) is 5.91 Å². The van der Waals surface area contributed by atoms with E-state index in [-0.39, 0.29) is 23.3 Å². The highest BCUT2D eigenvalue weighted by atomic mass is 16.2. The van der Waals surface area contributed by atoms with Crippen molar-refractivity contribution in [1.29, 1.82) is 0 Å². The minimum Gasteiger partial charge on any atom is -0.312 e. The number of rotatable bonds is 7. The van der Waals surface area contributed by atoms with Crippen LogP contribution in [0.4, 0.5) is 0 Å². The molecule has 0 fully saturated rings. The van der Waals surface area contributed by atoms with Crippen molar-refractivity contribution in [2.45, 2.75) is 34.6 Å². The van der Waals surface area contributed by atoms with Crippen LogP contribution in [0.25, 0.3) is 0 Å². The van der Waals surface area contributed by atoms with Crippen LogP contribution in [-0.2, 0) is 9.59 Å². The first-order valence-corrected chi connectivity index (χ1v) is 6.93. The van der Waals surface area contributed by atoms with Gasteiger partial charge in [0.2, 0.25) is 5.91 Å². The molecule has 0 aliphatic heterocycles. The summed E-state index contributed by atoms with van der Waals surface area (Å²) in [5.74, 6) is -0.784. The number of nitrogens with zero attached hydrogens (tertiary/aromatic N) is 1. The molecule has 5 nitrogen and oxygen atoms in total. The third-order valence-corrected chi connectivity index (χ3v) is 2.69. The number of carbonyl (C=O) groups is 2. The minimum absolute atomic E-state index is 0.112. The Morgan fingerprint density at radius 3 is 2.00 bits per heavy atom. The van der Waals surface area contributed by atoms with E-state index < -0.39 is 5.91 Å². The maximum atomic E-state index is 12.3. The van der Waals surface area contributed by atoms with E-state index in [0.717, 1.165) is 5.57 Å². The summed E-state index contributed by atoms with van der Waals surface area (Å²) >= 11 is 0. The summed E-state index contributed by atoms with van der Waals surface area (Å²) in [6.07, 6.45) is 1.50. The van der Waals surface area contributed by atoms with E-state index in [0.29, 0.717) is 11.1 Å². The third kappa shape index (κ3) is 6.83. The van der Waals surface area contributed by atoms with Crippen LogP contribution in [0.3, 0.4) is 0 Å².